The number of carbonyl (C=O) groups is 1. The van der Waals surface area contributed by atoms with Crippen LogP contribution in [0.3, 0.4) is 0 Å². The molecule has 0 bridgehead atoms. The van der Waals surface area contributed by atoms with Crippen LogP contribution in [0.15, 0.2) is 12.8 Å². The van der Waals surface area contributed by atoms with Crippen molar-refractivity contribution in [3.05, 3.63) is 12.8 Å². The summed E-state index contributed by atoms with van der Waals surface area (Å²) in [5, 5.41) is 0. The molecule has 0 N–H and O–H groups in total. The fourth-order valence-corrected chi connectivity index (χ4v) is 3.91. The summed E-state index contributed by atoms with van der Waals surface area (Å²) in [7, 11) is 0. The van der Waals surface area contributed by atoms with Crippen LogP contribution in [0.25, 0.3) is 0 Å². The van der Waals surface area contributed by atoms with Crippen LogP contribution < -0.4 is 0 Å². The average molecular weight is 940 g/mol. The molecule has 57 heavy (non-hydrogen) atoms. The fourth-order valence-electron chi connectivity index (χ4n) is 3.91. The molecular formula is C20H3F35O2. The summed E-state index contributed by atoms with van der Waals surface area (Å²) < 4.78 is 480. The van der Waals surface area contributed by atoms with Crippen LogP contribution in [-0.4, -0.2) is 101 Å². The molecule has 0 aliphatic heterocycles. The van der Waals surface area contributed by atoms with Gasteiger partial charge in [0.1, 0.15) is 0 Å². The predicted molar refractivity (Wildman–Crippen MR) is 101 cm³/mol. The number of halogens is 35. The predicted octanol–water partition coefficient (Wildman–Crippen LogP) is 11.6. The van der Waals surface area contributed by atoms with Gasteiger partial charge in [-0.25, -0.2) is 9.18 Å². The molecule has 0 saturated carbocycles. The molecule has 0 aromatic heterocycles. The summed E-state index contributed by atoms with van der Waals surface area (Å²) in [6.45, 7) is 1.71. The zero-order valence-electron chi connectivity index (χ0n) is 24.3. The van der Waals surface area contributed by atoms with E-state index in [0.29, 0.717) is 0 Å². The molecule has 1 unspecified atom stereocenters. The minimum absolute atomic E-state index is 1.49. The van der Waals surface area contributed by atoms with Crippen LogP contribution in [0.2, 0.25) is 0 Å². The van der Waals surface area contributed by atoms with Crippen molar-refractivity contribution in [2.75, 3.05) is 0 Å². The zero-order chi connectivity index (χ0) is 47.5. The van der Waals surface area contributed by atoms with Gasteiger partial charge in [0.25, 0.3) is 0 Å². The Labute approximate surface area is 284 Å². The molecule has 2 nitrogen and oxygen atoms in total. The number of carbonyl (C=O) groups excluding carboxylic acids is 1. The largest absolute Gasteiger partial charge is 0.460 e. The first-order valence-corrected chi connectivity index (χ1v) is 11.9. The monoisotopic (exact) mass is 940 g/mol. The van der Waals surface area contributed by atoms with Crippen molar-refractivity contribution < 1.29 is 163 Å². The van der Waals surface area contributed by atoms with E-state index in [4.69, 9.17) is 0 Å². The highest BCUT2D eigenvalue weighted by Crippen LogP contribution is 2.74. The molecule has 340 valence electrons. The lowest BCUT2D eigenvalue weighted by molar-refractivity contribution is -0.499. The number of ether oxygens (including phenoxy) is 1. The minimum Gasteiger partial charge on any atom is -0.433 e. The molecule has 0 fully saturated rings. The van der Waals surface area contributed by atoms with Crippen LogP contribution >= 0.6 is 0 Å². The number of hydrogen-bond acceptors (Lipinski definition) is 2. The lowest BCUT2D eigenvalue weighted by Gasteiger charge is -2.50. The average Bonchev–Trinajstić information content (AvgIpc) is 2.93. The highest BCUT2D eigenvalue weighted by atomic mass is 19.5. The summed E-state index contributed by atoms with van der Waals surface area (Å²) in [5.41, 5.74) is -19.6. The Hall–Kier alpha value is -3.24. The maximum absolute atomic E-state index is 15.3. The van der Waals surface area contributed by atoms with Crippen molar-refractivity contribution in [2.45, 2.75) is 95.5 Å². The lowest BCUT2D eigenvalue weighted by atomic mass is 9.65. The zero-order valence-corrected chi connectivity index (χ0v) is 24.3. The third kappa shape index (κ3) is 6.06. The van der Waals surface area contributed by atoms with Crippen molar-refractivity contribution >= 4 is 5.97 Å². The van der Waals surface area contributed by atoms with E-state index >= 15 is 4.39 Å². The number of alkyl halides is 35. The van der Waals surface area contributed by atoms with Crippen molar-refractivity contribution in [2.24, 2.45) is 5.41 Å². The van der Waals surface area contributed by atoms with Crippen molar-refractivity contribution in [3.63, 3.8) is 0 Å². The van der Waals surface area contributed by atoms with Crippen molar-refractivity contribution in [1.29, 1.82) is 0 Å². The summed E-state index contributed by atoms with van der Waals surface area (Å²) >= 11 is 0. The van der Waals surface area contributed by atoms with Crippen molar-refractivity contribution in [3.8, 4) is 0 Å². The Morgan fingerprint density at radius 1 is 0.298 bits per heavy atom. The second-order valence-corrected chi connectivity index (χ2v) is 10.3. The molecule has 0 radical (unpaired) electrons. The SMILES string of the molecule is C=COC(=O)C(F)(C(F)(F)C(F)(F)C(F)(F)C(F)(F)C(F)(F)C(F)(F)C(F)(F)C(F)(F)C(F)(F)C(F)(F)C(F)(F)C(F)(F)F)C(C(F)(F)F)(C(F)(F)F)C(F)(F)F. The molecule has 1 atom stereocenters. The molecule has 0 aromatic rings. The van der Waals surface area contributed by atoms with E-state index < -0.39 is 113 Å². The molecule has 37 heteroatoms. The van der Waals surface area contributed by atoms with E-state index in [0.717, 1.165) is 0 Å². The van der Waals surface area contributed by atoms with E-state index in [1.165, 1.54) is 0 Å². The first-order valence-electron chi connectivity index (χ1n) is 11.9. The number of rotatable bonds is 14. The minimum atomic E-state index is -10.5. The molecule has 0 aliphatic carbocycles. The third-order valence-electron chi connectivity index (χ3n) is 7.00. The van der Waals surface area contributed by atoms with Gasteiger partial charge < -0.3 is 4.74 Å². The maximum Gasteiger partial charge on any atom is 0.460 e. The number of hydrogen-bond donors (Lipinski definition) is 0. The summed E-state index contributed by atoms with van der Waals surface area (Å²) in [4.78, 5) is 11.5. The van der Waals surface area contributed by atoms with Gasteiger partial charge in [0.05, 0.1) is 6.26 Å². The van der Waals surface area contributed by atoms with Gasteiger partial charge in [-0.1, -0.05) is 6.58 Å². The Bertz CT molecular complexity index is 1460. The normalized spacial score (nSPS) is 17.7. The molecule has 0 heterocycles. The van der Waals surface area contributed by atoms with Crippen LogP contribution in [0.4, 0.5) is 154 Å². The maximum atomic E-state index is 15.3. The van der Waals surface area contributed by atoms with E-state index in [-0.39, 0.29) is 0 Å². The molecule has 0 aromatic carbocycles. The Balaban J connectivity index is 8.50. The van der Waals surface area contributed by atoms with Gasteiger partial charge in [-0.3, -0.25) is 0 Å². The van der Waals surface area contributed by atoms with E-state index in [2.05, 4.69) is 4.74 Å². The van der Waals surface area contributed by atoms with Gasteiger partial charge in [-0.05, 0) is 0 Å². The van der Waals surface area contributed by atoms with Gasteiger partial charge in [-0.15, -0.1) is 0 Å². The first-order chi connectivity index (χ1) is 24.0. The second kappa shape index (κ2) is 13.1. The Kier molecular flexibility index (Phi) is 12.4. The van der Waals surface area contributed by atoms with Crippen molar-refractivity contribution in [1.82, 2.24) is 0 Å². The Morgan fingerprint density at radius 2 is 0.474 bits per heavy atom. The molecule has 0 rings (SSSR count). The highest BCUT2D eigenvalue weighted by molar-refractivity contribution is 5.84. The van der Waals surface area contributed by atoms with Gasteiger partial charge >= 0.3 is 107 Å². The third-order valence-corrected chi connectivity index (χ3v) is 7.00. The van der Waals surface area contributed by atoms with Gasteiger partial charge in [0, 0.05) is 0 Å². The molecule has 0 aliphatic rings. The molecular weight excluding hydrogens is 937 g/mol. The fraction of sp³-hybridized carbons (Fsp3) is 0.850. The first kappa shape index (κ1) is 53.8. The second-order valence-electron chi connectivity index (χ2n) is 10.3. The topological polar surface area (TPSA) is 26.3 Å². The van der Waals surface area contributed by atoms with Crippen LogP contribution in [0, 0.1) is 5.41 Å². The van der Waals surface area contributed by atoms with Crippen LogP contribution in [-0.2, 0) is 9.53 Å². The highest BCUT2D eigenvalue weighted by Gasteiger charge is 3.05. The van der Waals surface area contributed by atoms with Crippen LogP contribution in [0.1, 0.15) is 0 Å². The summed E-state index contributed by atoms with van der Waals surface area (Å²) in [6, 6.07) is 0. The molecule has 0 saturated heterocycles. The van der Waals surface area contributed by atoms with E-state index in [1.807, 2.05) is 0 Å². The summed E-state index contributed by atoms with van der Waals surface area (Å²) in [6.07, 6.45) is -38.1. The van der Waals surface area contributed by atoms with E-state index in [9.17, 15) is 154 Å². The lowest BCUT2D eigenvalue weighted by Crippen LogP contribution is -2.83. The number of esters is 1. The molecule has 0 spiro atoms. The standard InChI is InChI=1S/C20H3F35O2/c1-2-57-3(56)4(21,5(17(44,45)46,18(47,48)49)19(50,51)52)6(22,23)7(24,25)8(26,27)9(28,29)10(30,31)11(32,33)12(34,35)13(36,37)14(38,39)15(40,41)16(42,43)20(53,54)55/h2H,1H2. The van der Waals surface area contributed by atoms with Gasteiger partial charge in [0.15, 0.2) is 0 Å². The van der Waals surface area contributed by atoms with Gasteiger partial charge in [0.2, 0.25) is 0 Å². The van der Waals surface area contributed by atoms with E-state index in [1.54, 1.807) is 6.58 Å². The van der Waals surface area contributed by atoms with Crippen LogP contribution in [0.5, 0.6) is 0 Å². The molecule has 0 amide bonds. The smallest absolute Gasteiger partial charge is 0.433 e. The Morgan fingerprint density at radius 3 is 0.632 bits per heavy atom. The quantitative estimate of drug-likeness (QED) is 0.0985. The summed E-state index contributed by atoms with van der Waals surface area (Å²) in [5.74, 6) is -117. The van der Waals surface area contributed by atoms with Gasteiger partial charge in [-0.2, -0.15) is 149 Å².